The number of hydrogen-bond donors (Lipinski definition) is 0. The fraction of sp³-hybridized carbons (Fsp3) is 1.00. The van der Waals surface area contributed by atoms with Crippen LogP contribution in [0.15, 0.2) is 0 Å². The number of likely N-dealkylation sites (N-methyl/N-ethyl adjacent to an activating group) is 1. The van der Waals surface area contributed by atoms with E-state index in [1.165, 1.54) is 0 Å². The van der Waals surface area contributed by atoms with E-state index in [2.05, 4.69) is 32.7 Å². The highest BCUT2D eigenvalue weighted by atomic mass is 16.5. The van der Waals surface area contributed by atoms with Crippen molar-refractivity contribution in [2.24, 2.45) is 5.41 Å². The fourth-order valence-corrected chi connectivity index (χ4v) is 1.56. The Kier molecular flexibility index (Phi) is 5.03. The monoisotopic (exact) mass is 215 g/mol. The van der Waals surface area contributed by atoms with Gasteiger partial charge >= 0.3 is 0 Å². The second-order valence-corrected chi connectivity index (χ2v) is 5.64. The van der Waals surface area contributed by atoms with Gasteiger partial charge in [-0.05, 0) is 18.9 Å². The van der Waals surface area contributed by atoms with E-state index < -0.39 is 0 Å². The van der Waals surface area contributed by atoms with Gasteiger partial charge in [0.25, 0.3) is 0 Å². The molecule has 3 nitrogen and oxygen atoms in total. The Labute approximate surface area is 93.7 Å². The molecule has 1 aliphatic heterocycles. The smallest absolute Gasteiger partial charge is 0.0935 e. The van der Waals surface area contributed by atoms with Crippen molar-refractivity contribution in [3.8, 4) is 0 Å². The zero-order valence-corrected chi connectivity index (χ0v) is 10.6. The Hall–Kier alpha value is -0.120. The Bertz CT molecular complexity index is 177. The molecule has 0 aliphatic carbocycles. The molecule has 15 heavy (non-hydrogen) atoms. The standard InChI is InChI=1S/C12H25NO2/c1-12(2,3)5-7-14-10-11-9-13(4)6-8-15-11/h11H,5-10H2,1-4H3. The molecule has 0 spiro atoms. The van der Waals surface area contributed by atoms with Crippen molar-refractivity contribution < 1.29 is 9.47 Å². The van der Waals surface area contributed by atoms with Crippen molar-refractivity contribution in [3.63, 3.8) is 0 Å². The molecule has 0 bridgehead atoms. The molecule has 0 N–H and O–H groups in total. The predicted molar refractivity (Wildman–Crippen MR) is 62.1 cm³/mol. The molecule has 0 aromatic heterocycles. The SMILES string of the molecule is CN1CCOC(COCCC(C)(C)C)C1. The molecular formula is C12H25NO2. The van der Waals surface area contributed by atoms with Crippen LogP contribution in [-0.2, 0) is 9.47 Å². The molecule has 0 radical (unpaired) electrons. The summed E-state index contributed by atoms with van der Waals surface area (Å²) in [6, 6.07) is 0. The van der Waals surface area contributed by atoms with Crippen molar-refractivity contribution in [1.29, 1.82) is 0 Å². The first-order valence-electron chi connectivity index (χ1n) is 5.85. The average Bonchev–Trinajstić information content (AvgIpc) is 2.11. The highest BCUT2D eigenvalue weighted by Crippen LogP contribution is 2.18. The van der Waals surface area contributed by atoms with E-state index >= 15 is 0 Å². The van der Waals surface area contributed by atoms with Gasteiger partial charge in [-0.1, -0.05) is 20.8 Å². The maximum absolute atomic E-state index is 5.65. The lowest BCUT2D eigenvalue weighted by Gasteiger charge is -2.30. The highest BCUT2D eigenvalue weighted by molar-refractivity contribution is 4.68. The maximum Gasteiger partial charge on any atom is 0.0935 e. The highest BCUT2D eigenvalue weighted by Gasteiger charge is 2.18. The predicted octanol–water partition coefficient (Wildman–Crippen LogP) is 1.77. The van der Waals surface area contributed by atoms with E-state index in [1.807, 2.05) is 0 Å². The van der Waals surface area contributed by atoms with Crippen molar-refractivity contribution in [3.05, 3.63) is 0 Å². The summed E-state index contributed by atoms with van der Waals surface area (Å²) in [4.78, 5) is 2.29. The van der Waals surface area contributed by atoms with Gasteiger partial charge in [0, 0.05) is 19.7 Å². The second kappa shape index (κ2) is 5.83. The number of nitrogens with zero attached hydrogens (tertiary/aromatic N) is 1. The molecule has 0 aromatic rings. The number of hydrogen-bond acceptors (Lipinski definition) is 3. The Balaban J connectivity index is 2.04. The first-order chi connectivity index (χ1) is 6.97. The van der Waals surface area contributed by atoms with Gasteiger partial charge in [-0.25, -0.2) is 0 Å². The van der Waals surface area contributed by atoms with Crippen LogP contribution >= 0.6 is 0 Å². The number of rotatable bonds is 4. The van der Waals surface area contributed by atoms with Crippen LogP contribution in [-0.4, -0.2) is 51.0 Å². The zero-order valence-electron chi connectivity index (χ0n) is 10.6. The van der Waals surface area contributed by atoms with E-state index in [4.69, 9.17) is 9.47 Å². The van der Waals surface area contributed by atoms with Gasteiger partial charge < -0.3 is 14.4 Å². The Morgan fingerprint density at radius 3 is 2.73 bits per heavy atom. The molecule has 1 heterocycles. The van der Waals surface area contributed by atoms with Crippen LogP contribution < -0.4 is 0 Å². The molecule has 1 aliphatic rings. The summed E-state index contributed by atoms with van der Waals surface area (Å²) in [5.74, 6) is 0. The van der Waals surface area contributed by atoms with E-state index in [-0.39, 0.29) is 6.10 Å². The third kappa shape index (κ3) is 6.13. The van der Waals surface area contributed by atoms with Crippen LogP contribution in [0.5, 0.6) is 0 Å². The lowest BCUT2D eigenvalue weighted by molar-refractivity contribution is -0.0654. The molecule has 0 saturated carbocycles. The lowest BCUT2D eigenvalue weighted by Crippen LogP contribution is -2.42. The van der Waals surface area contributed by atoms with Crippen LogP contribution in [0.4, 0.5) is 0 Å². The first kappa shape index (κ1) is 12.9. The minimum atomic E-state index is 0.267. The second-order valence-electron chi connectivity index (χ2n) is 5.64. The quantitative estimate of drug-likeness (QED) is 0.667. The van der Waals surface area contributed by atoms with Crippen molar-refractivity contribution in [2.45, 2.75) is 33.3 Å². The van der Waals surface area contributed by atoms with Gasteiger partial charge in [0.05, 0.1) is 19.3 Å². The summed E-state index contributed by atoms with van der Waals surface area (Å²) < 4.78 is 11.3. The van der Waals surface area contributed by atoms with Crippen molar-refractivity contribution in [2.75, 3.05) is 40.0 Å². The zero-order chi connectivity index (χ0) is 11.3. The van der Waals surface area contributed by atoms with Gasteiger partial charge in [-0.3, -0.25) is 0 Å². The molecule has 1 saturated heterocycles. The summed E-state index contributed by atoms with van der Waals surface area (Å²) in [7, 11) is 2.13. The van der Waals surface area contributed by atoms with Crippen molar-refractivity contribution in [1.82, 2.24) is 4.90 Å². The third-order valence-electron chi connectivity index (χ3n) is 2.64. The summed E-state index contributed by atoms with van der Waals surface area (Å²) >= 11 is 0. The minimum absolute atomic E-state index is 0.267. The van der Waals surface area contributed by atoms with Gasteiger partial charge in [-0.2, -0.15) is 0 Å². The fourth-order valence-electron chi connectivity index (χ4n) is 1.56. The molecule has 0 aromatic carbocycles. The van der Waals surface area contributed by atoms with Crippen LogP contribution in [0.2, 0.25) is 0 Å². The van der Waals surface area contributed by atoms with E-state index in [9.17, 15) is 0 Å². The summed E-state index contributed by atoms with van der Waals surface area (Å²) in [5.41, 5.74) is 0.365. The normalized spacial score (nSPS) is 24.4. The molecule has 1 rings (SSSR count). The van der Waals surface area contributed by atoms with E-state index in [0.717, 1.165) is 39.3 Å². The maximum atomic E-state index is 5.65. The summed E-state index contributed by atoms with van der Waals surface area (Å²) in [6.07, 6.45) is 1.37. The average molecular weight is 215 g/mol. The summed E-state index contributed by atoms with van der Waals surface area (Å²) in [5, 5.41) is 0. The summed E-state index contributed by atoms with van der Waals surface area (Å²) in [6.45, 7) is 11.2. The van der Waals surface area contributed by atoms with Crippen LogP contribution in [0.1, 0.15) is 27.2 Å². The molecule has 1 fully saturated rings. The number of morpholine rings is 1. The van der Waals surface area contributed by atoms with E-state index in [0.29, 0.717) is 5.41 Å². The van der Waals surface area contributed by atoms with Gasteiger partial charge in [0.15, 0.2) is 0 Å². The third-order valence-corrected chi connectivity index (χ3v) is 2.64. The van der Waals surface area contributed by atoms with Gasteiger partial charge in [0.2, 0.25) is 0 Å². The molecule has 3 heteroatoms. The number of ether oxygens (including phenoxy) is 2. The van der Waals surface area contributed by atoms with Gasteiger partial charge in [0.1, 0.15) is 0 Å². The van der Waals surface area contributed by atoms with Crippen LogP contribution in [0.25, 0.3) is 0 Å². The molecular weight excluding hydrogens is 190 g/mol. The van der Waals surface area contributed by atoms with Crippen molar-refractivity contribution >= 4 is 0 Å². The van der Waals surface area contributed by atoms with Crippen LogP contribution in [0.3, 0.4) is 0 Å². The molecule has 90 valence electrons. The largest absolute Gasteiger partial charge is 0.379 e. The van der Waals surface area contributed by atoms with Crippen LogP contribution in [0, 0.1) is 5.41 Å². The molecule has 0 amide bonds. The topological polar surface area (TPSA) is 21.7 Å². The Morgan fingerprint density at radius 2 is 2.13 bits per heavy atom. The van der Waals surface area contributed by atoms with E-state index in [1.54, 1.807) is 0 Å². The minimum Gasteiger partial charge on any atom is -0.379 e. The molecule has 1 unspecified atom stereocenters. The Morgan fingerprint density at radius 1 is 1.40 bits per heavy atom. The first-order valence-corrected chi connectivity index (χ1v) is 5.85. The van der Waals surface area contributed by atoms with Gasteiger partial charge in [-0.15, -0.1) is 0 Å². The molecule has 1 atom stereocenters. The lowest BCUT2D eigenvalue weighted by atomic mass is 9.93.